The summed E-state index contributed by atoms with van der Waals surface area (Å²) in [5.41, 5.74) is 0. The predicted octanol–water partition coefficient (Wildman–Crippen LogP) is 4.46. The average molecular weight is 258 g/mol. The van der Waals surface area contributed by atoms with Gasteiger partial charge in [-0.2, -0.15) is 12.6 Å². The number of hydrogen-bond donors (Lipinski definition) is 2. The van der Waals surface area contributed by atoms with E-state index >= 15 is 0 Å². The lowest BCUT2D eigenvalue weighted by Crippen LogP contribution is -2.09. The number of aliphatic carboxylic acids is 1. The molecule has 0 saturated carbocycles. The Morgan fingerprint density at radius 3 is 2.18 bits per heavy atom. The molecular weight excluding hydrogens is 232 g/mol. The van der Waals surface area contributed by atoms with Crippen molar-refractivity contribution < 1.29 is 9.90 Å². The van der Waals surface area contributed by atoms with Gasteiger partial charge in [-0.15, -0.1) is 0 Å². The Bertz CT molecular complexity index is 214. The fourth-order valence-electron chi connectivity index (χ4n) is 1.70. The van der Waals surface area contributed by atoms with Crippen LogP contribution in [0.4, 0.5) is 0 Å². The van der Waals surface area contributed by atoms with E-state index < -0.39 is 11.2 Å². The lowest BCUT2D eigenvalue weighted by molar-refractivity contribution is -0.135. The van der Waals surface area contributed by atoms with Gasteiger partial charge in [-0.3, -0.25) is 4.79 Å². The summed E-state index contributed by atoms with van der Waals surface area (Å²) in [7, 11) is 0. The summed E-state index contributed by atoms with van der Waals surface area (Å²) in [6.45, 7) is 2.23. The van der Waals surface area contributed by atoms with Crippen molar-refractivity contribution in [2.45, 2.75) is 70.0 Å². The van der Waals surface area contributed by atoms with Crippen molar-refractivity contribution in [1.29, 1.82) is 0 Å². The molecule has 0 fully saturated rings. The zero-order valence-corrected chi connectivity index (χ0v) is 11.8. The van der Waals surface area contributed by atoms with Gasteiger partial charge in [0.2, 0.25) is 0 Å². The lowest BCUT2D eigenvalue weighted by Gasteiger charge is -2.00. The highest BCUT2D eigenvalue weighted by atomic mass is 32.1. The lowest BCUT2D eigenvalue weighted by atomic mass is 10.1. The van der Waals surface area contributed by atoms with Crippen LogP contribution in [0.3, 0.4) is 0 Å². The molecule has 3 heteroatoms. The maximum Gasteiger partial charge on any atom is 0.320 e. The molecule has 1 unspecified atom stereocenters. The summed E-state index contributed by atoms with van der Waals surface area (Å²) in [5, 5.41) is 7.95. The molecule has 0 rings (SSSR count). The van der Waals surface area contributed by atoms with Crippen molar-refractivity contribution in [2.24, 2.45) is 0 Å². The first kappa shape index (κ1) is 16.6. The van der Waals surface area contributed by atoms with Gasteiger partial charge in [0.25, 0.3) is 0 Å². The van der Waals surface area contributed by atoms with E-state index in [-0.39, 0.29) is 0 Å². The van der Waals surface area contributed by atoms with Crippen LogP contribution in [0.25, 0.3) is 0 Å². The van der Waals surface area contributed by atoms with Crippen LogP contribution in [0.1, 0.15) is 64.7 Å². The molecule has 0 aliphatic carbocycles. The third-order valence-corrected chi connectivity index (χ3v) is 3.19. The van der Waals surface area contributed by atoms with E-state index in [0.29, 0.717) is 0 Å². The van der Waals surface area contributed by atoms with Crippen molar-refractivity contribution in [2.75, 3.05) is 0 Å². The number of carboxylic acid groups (broad SMARTS) is 1. The first-order valence-electron chi connectivity index (χ1n) is 6.76. The van der Waals surface area contributed by atoms with Crippen LogP contribution in [-0.4, -0.2) is 16.3 Å². The van der Waals surface area contributed by atoms with Crippen LogP contribution in [-0.2, 0) is 4.79 Å². The summed E-state index contributed by atoms with van der Waals surface area (Å²) >= 11 is 3.93. The SMILES string of the molecule is CCCCCCCCCCC=CC(S)C(=O)O. The van der Waals surface area contributed by atoms with E-state index in [4.69, 9.17) is 5.11 Å². The molecule has 0 spiro atoms. The van der Waals surface area contributed by atoms with E-state index in [1.54, 1.807) is 6.08 Å². The van der Waals surface area contributed by atoms with Crippen molar-refractivity contribution in [3.8, 4) is 0 Å². The molecule has 0 heterocycles. The van der Waals surface area contributed by atoms with Gasteiger partial charge < -0.3 is 5.11 Å². The minimum atomic E-state index is -0.875. The molecule has 0 saturated heterocycles. The maximum atomic E-state index is 10.5. The number of hydrogen-bond acceptors (Lipinski definition) is 2. The third-order valence-electron chi connectivity index (χ3n) is 2.80. The normalized spacial score (nSPS) is 13.1. The van der Waals surface area contributed by atoms with Gasteiger partial charge in [0.15, 0.2) is 0 Å². The second-order valence-electron chi connectivity index (χ2n) is 4.47. The van der Waals surface area contributed by atoms with E-state index in [0.717, 1.165) is 12.8 Å². The number of thiol groups is 1. The molecule has 0 aromatic carbocycles. The highest BCUT2D eigenvalue weighted by Crippen LogP contribution is 2.10. The zero-order chi connectivity index (χ0) is 12.9. The highest BCUT2D eigenvalue weighted by molar-refractivity contribution is 7.82. The smallest absolute Gasteiger partial charge is 0.320 e. The van der Waals surface area contributed by atoms with Gasteiger partial charge in [-0.25, -0.2) is 0 Å². The molecule has 100 valence electrons. The molecule has 0 aromatic rings. The second kappa shape index (κ2) is 12.0. The molecule has 0 radical (unpaired) electrons. The summed E-state index contributed by atoms with van der Waals surface area (Å²) in [5.74, 6) is -0.875. The first-order valence-corrected chi connectivity index (χ1v) is 7.27. The second-order valence-corrected chi connectivity index (χ2v) is 5.03. The van der Waals surface area contributed by atoms with Gasteiger partial charge in [0, 0.05) is 0 Å². The van der Waals surface area contributed by atoms with Crippen molar-refractivity contribution in [3.63, 3.8) is 0 Å². The van der Waals surface area contributed by atoms with Crippen molar-refractivity contribution in [1.82, 2.24) is 0 Å². The summed E-state index contributed by atoms with van der Waals surface area (Å²) in [6.07, 6.45) is 15.0. The molecular formula is C14H26O2S. The van der Waals surface area contributed by atoms with Crippen LogP contribution in [0.5, 0.6) is 0 Å². The Hall–Kier alpha value is -0.440. The number of rotatable bonds is 11. The monoisotopic (exact) mass is 258 g/mol. The Morgan fingerprint density at radius 1 is 1.12 bits per heavy atom. The molecule has 17 heavy (non-hydrogen) atoms. The van der Waals surface area contributed by atoms with Crippen molar-refractivity contribution in [3.05, 3.63) is 12.2 Å². The molecule has 0 amide bonds. The number of carboxylic acids is 1. The van der Waals surface area contributed by atoms with Gasteiger partial charge >= 0.3 is 5.97 Å². The fourth-order valence-corrected chi connectivity index (χ4v) is 1.83. The van der Waals surface area contributed by atoms with Crippen LogP contribution < -0.4 is 0 Å². The molecule has 0 bridgehead atoms. The van der Waals surface area contributed by atoms with Crippen LogP contribution in [0.15, 0.2) is 12.2 Å². The minimum Gasteiger partial charge on any atom is -0.480 e. The zero-order valence-electron chi connectivity index (χ0n) is 10.9. The molecule has 0 aromatic heterocycles. The van der Waals surface area contributed by atoms with Crippen molar-refractivity contribution >= 4 is 18.6 Å². The van der Waals surface area contributed by atoms with E-state index in [2.05, 4.69) is 19.6 Å². The quantitative estimate of drug-likeness (QED) is 0.326. The Balaban J connectivity index is 3.21. The van der Waals surface area contributed by atoms with E-state index in [9.17, 15) is 4.79 Å². The minimum absolute atomic E-state index is 0.649. The maximum absolute atomic E-state index is 10.5. The van der Waals surface area contributed by atoms with E-state index in [1.165, 1.54) is 44.9 Å². The summed E-state index contributed by atoms with van der Waals surface area (Å²) in [4.78, 5) is 10.5. The van der Waals surface area contributed by atoms with Gasteiger partial charge in [-0.1, -0.05) is 64.0 Å². The van der Waals surface area contributed by atoms with Crippen LogP contribution >= 0.6 is 12.6 Å². The highest BCUT2D eigenvalue weighted by Gasteiger charge is 2.05. The molecule has 2 nitrogen and oxygen atoms in total. The fraction of sp³-hybridized carbons (Fsp3) is 0.786. The third kappa shape index (κ3) is 11.8. The predicted molar refractivity (Wildman–Crippen MR) is 76.8 cm³/mol. The number of carbonyl (C=O) groups is 1. The van der Waals surface area contributed by atoms with Gasteiger partial charge in [0.1, 0.15) is 5.25 Å². The molecule has 1 atom stereocenters. The standard InChI is InChI=1S/C14H26O2S/c1-2-3-4-5-6-7-8-9-10-11-12-13(17)14(15)16/h11-13,17H,2-10H2,1H3,(H,15,16). The van der Waals surface area contributed by atoms with Crippen LogP contribution in [0.2, 0.25) is 0 Å². The Morgan fingerprint density at radius 2 is 1.65 bits per heavy atom. The largest absolute Gasteiger partial charge is 0.480 e. The first-order chi connectivity index (χ1) is 8.18. The molecule has 1 N–H and O–H groups in total. The number of allylic oxidation sites excluding steroid dienone is 1. The topological polar surface area (TPSA) is 37.3 Å². The van der Waals surface area contributed by atoms with E-state index in [1.807, 2.05) is 6.08 Å². The summed E-state index contributed by atoms with van der Waals surface area (Å²) < 4.78 is 0. The Labute approximate surface area is 111 Å². The number of unbranched alkanes of at least 4 members (excludes halogenated alkanes) is 8. The Kier molecular flexibility index (Phi) is 11.7. The van der Waals surface area contributed by atoms with Crippen LogP contribution in [0, 0.1) is 0 Å². The molecule has 0 aliphatic rings. The average Bonchev–Trinajstić information content (AvgIpc) is 2.31. The van der Waals surface area contributed by atoms with Gasteiger partial charge in [-0.05, 0) is 12.8 Å². The van der Waals surface area contributed by atoms with Gasteiger partial charge in [0.05, 0.1) is 0 Å². The summed E-state index contributed by atoms with van der Waals surface area (Å²) in [6, 6.07) is 0. The molecule has 0 aliphatic heterocycles.